The second-order valence-corrected chi connectivity index (χ2v) is 9.93. The first-order chi connectivity index (χ1) is 13.7. The summed E-state index contributed by atoms with van der Waals surface area (Å²) in [4.78, 5) is 2.69. The molecule has 0 amide bonds. The van der Waals surface area contributed by atoms with Gasteiger partial charge in [-0.15, -0.1) is 23.5 Å². The largest absolute Gasteiger partial charge is 0.116 e. The van der Waals surface area contributed by atoms with Gasteiger partial charge in [-0.05, 0) is 60.0 Å². The molecule has 2 heteroatoms. The highest BCUT2D eigenvalue weighted by Gasteiger charge is 2.35. The average Bonchev–Trinajstić information content (AvgIpc) is 3.01. The molecule has 5 rings (SSSR count). The Balaban J connectivity index is 1.58. The number of hydrogen-bond donors (Lipinski definition) is 0. The maximum absolute atomic E-state index is 2.33. The summed E-state index contributed by atoms with van der Waals surface area (Å²) < 4.78 is 0. The lowest BCUT2D eigenvalue weighted by Crippen LogP contribution is -1.98. The molecule has 138 valence electrons. The Hall–Kier alpha value is -2.16. The minimum Gasteiger partial charge on any atom is -0.116 e. The summed E-state index contributed by atoms with van der Waals surface area (Å²) in [5.41, 5.74) is 5.57. The van der Waals surface area contributed by atoms with Crippen molar-refractivity contribution in [1.82, 2.24) is 0 Å². The van der Waals surface area contributed by atoms with Crippen molar-refractivity contribution in [2.75, 3.05) is 0 Å². The van der Waals surface area contributed by atoms with E-state index in [-0.39, 0.29) is 0 Å². The molecule has 0 radical (unpaired) electrons. The molecule has 0 aliphatic heterocycles. The van der Waals surface area contributed by atoms with Crippen molar-refractivity contribution in [2.24, 2.45) is 0 Å². The van der Waals surface area contributed by atoms with E-state index in [9.17, 15) is 0 Å². The number of rotatable bonds is 4. The van der Waals surface area contributed by atoms with E-state index in [1.54, 1.807) is 0 Å². The highest BCUT2D eigenvalue weighted by Crippen LogP contribution is 2.59. The van der Waals surface area contributed by atoms with Crippen LogP contribution in [-0.4, -0.2) is 0 Å². The van der Waals surface area contributed by atoms with E-state index in [1.165, 1.54) is 42.8 Å². The highest BCUT2D eigenvalue weighted by atomic mass is 32.2. The van der Waals surface area contributed by atoms with Crippen molar-refractivity contribution in [3.63, 3.8) is 0 Å². The SMILES string of the molecule is Cc1ccc(S[C@@H]2c3cccc4cccc(c34)[C@@H]2Sc2ccc(C)cc2)cc1. The standard InChI is InChI=1S/C26H22S2/c1-17-9-13-20(14-10-17)27-25-22-7-3-5-19-6-4-8-23(24(19)22)26(25)28-21-15-11-18(2)12-16-21/h3-16,25-26H,1-2H3/t25-,26+. The predicted molar refractivity (Wildman–Crippen MR) is 124 cm³/mol. The molecule has 2 atom stereocenters. The van der Waals surface area contributed by atoms with Gasteiger partial charge in [-0.3, -0.25) is 0 Å². The van der Waals surface area contributed by atoms with Crippen molar-refractivity contribution in [3.8, 4) is 0 Å². The van der Waals surface area contributed by atoms with Crippen LogP contribution in [0.2, 0.25) is 0 Å². The van der Waals surface area contributed by atoms with Gasteiger partial charge in [0.25, 0.3) is 0 Å². The normalized spacial score (nSPS) is 17.9. The van der Waals surface area contributed by atoms with Gasteiger partial charge in [-0.2, -0.15) is 0 Å². The van der Waals surface area contributed by atoms with Crippen LogP contribution in [-0.2, 0) is 0 Å². The van der Waals surface area contributed by atoms with Crippen LogP contribution in [0.1, 0.15) is 32.8 Å². The van der Waals surface area contributed by atoms with Crippen LogP contribution in [0.3, 0.4) is 0 Å². The Bertz CT molecular complexity index is 1040. The first-order valence-electron chi connectivity index (χ1n) is 9.67. The topological polar surface area (TPSA) is 0 Å². The second kappa shape index (κ2) is 7.35. The quantitative estimate of drug-likeness (QED) is 0.340. The van der Waals surface area contributed by atoms with Crippen LogP contribution >= 0.6 is 23.5 Å². The molecule has 0 bridgehead atoms. The molecule has 0 saturated heterocycles. The fourth-order valence-corrected chi connectivity index (χ4v) is 6.67. The molecule has 0 N–H and O–H groups in total. The van der Waals surface area contributed by atoms with E-state index >= 15 is 0 Å². The second-order valence-electron chi connectivity index (χ2n) is 7.50. The summed E-state index contributed by atoms with van der Waals surface area (Å²) >= 11 is 4.00. The van der Waals surface area contributed by atoms with Gasteiger partial charge < -0.3 is 0 Å². The van der Waals surface area contributed by atoms with Gasteiger partial charge in [0.15, 0.2) is 0 Å². The Morgan fingerprint density at radius 2 is 0.964 bits per heavy atom. The van der Waals surface area contributed by atoms with Gasteiger partial charge in [0, 0.05) is 9.79 Å². The fraction of sp³-hybridized carbons (Fsp3) is 0.154. The summed E-state index contributed by atoms with van der Waals surface area (Å²) in [6, 6.07) is 31.5. The fourth-order valence-electron chi connectivity index (χ4n) is 3.98. The monoisotopic (exact) mass is 398 g/mol. The summed E-state index contributed by atoms with van der Waals surface area (Å²) in [5.74, 6) is 0. The molecular weight excluding hydrogens is 376 g/mol. The lowest BCUT2D eigenvalue weighted by Gasteiger charge is -2.21. The van der Waals surface area contributed by atoms with Gasteiger partial charge in [0.05, 0.1) is 10.5 Å². The van der Waals surface area contributed by atoms with E-state index in [2.05, 4.69) is 98.8 Å². The van der Waals surface area contributed by atoms with Gasteiger partial charge in [-0.25, -0.2) is 0 Å². The van der Waals surface area contributed by atoms with E-state index < -0.39 is 0 Å². The van der Waals surface area contributed by atoms with Crippen LogP contribution in [0.4, 0.5) is 0 Å². The van der Waals surface area contributed by atoms with Crippen molar-refractivity contribution in [2.45, 2.75) is 34.1 Å². The summed E-state index contributed by atoms with van der Waals surface area (Å²) in [6.07, 6.45) is 0. The number of aryl methyl sites for hydroxylation is 2. The molecule has 0 saturated carbocycles. The first kappa shape index (κ1) is 17.9. The zero-order valence-electron chi connectivity index (χ0n) is 16.1. The number of thioether (sulfide) groups is 2. The molecule has 0 aromatic heterocycles. The Labute approximate surface area is 175 Å². The first-order valence-corrected chi connectivity index (χ1v) is 11.4. The van der Waals surface area contributed by atoms with Crippen LogP contribution in [0.5, 0.6) is 0 Å². The lowest BCUT2D eigenvalue weighted by atomic mass is 10.1. The van der Waals surface area contributed by atoms with Crippen LogP contribution in [0.25, 0.3) is 10.8 Å². The van der Waals surface area contributed by atoms with E-state index in [0.717, 1.165) is 0 Å². The predicted octanol–water partition coefficient (Wildman–Crippen LogP) is 8.14. The van der Waals surface area contributed by atoms with E-state index in [4.69, 9.17) is 0 Å². The van der Waals surface area contributed by atoms with Crippen molar-refractivity contribution in [3.05, 3.63) is 107 Å². The van der Waals surface area contributed by atoms with Gasteiger partial charge in [-0.1, -0.05) is 71.8 Å². The molecular formula is C26H22S2. The third-order valence-corrected chi connectivity index (χ3v) is 8.25. The maximum atomic E-state index is 2.33. The molecule has 0 nitrogen and oxygen atoms in total. The maximum Gasteiger partial charge on any atom is 0.0514 e. The zero-order chi connectivity index (χ0) is 19.1. The minimum absolute atomic E-state index is 0.412. The molecule has 0 spiro atoms. The Morgan fingerprint density at radius 1 is 0.536 bits per heavy atom. The van der Waals surface area contributed by atoms with Crippen LogP contribution in [0, 0.1) is 13.8 Å². The number of hydrogen-bond acceptors (Lipinski definition) is 2. The molecule has 0 heterocycles. The molecule has 0 fully saturated rings. The molecule has 0 unspecified atom stereocenters. The minimum atomic E-state index is 0.412. The summed E-state index contributed by atoms with van der Waals surface area (Å²) in [7, 11) is 0. The lowest BCUT2D eigenvalue weighted by molar-refractivity contribution is 0.959. The van der Waals surface area contributed by atoms with Crippen molar-refractivity contribution in [1.29, 1.82) is 0 Å². The zero-order valence-corrected chi connectivity index (χ0v) is 17.7. The van der Waals surface area contributed by atoms with E-state index in [0.29, 0.717) is 10.5 Å². The van der Waals surface area contributed by atoms with Crippen molar-refractivity contribution >= 4 is 34.3 Å². The van der Waals surface area contributed by atoms with Gasteiger partial charge in [0.1, 0.15) is 0 Å². The molecule has 28 heavy (non-hydrogen) atoms. The van der Waals surface area contributed by atoms with Gasteiger partial charge in [0.2, 0.25) is 0 Å². The van der Waals surface area contributed by atoms with Crippen LogP contribution < -0.4 is 0 Å². The van der Waals surface area contributed by atoms with Crippen LogP contribution in [0.15, 0.2) is 94.7 Å². The third-order valence-electron chi connectivity index (χ3n) is 5.43. The van der Waals surface area contributed by atoms with Crippen molar-refractivity contribution < 1.29 is 0 Å². The average molecular weight is 399 g/mol. The summed E-state index contributed by atoms with van der Waals surface area (Å²) in [6.45, 7) is 4.30. The smallest absolute Gasteiger partial charge is 0.0514 e. The molecule has 1 aliphatic rings. The molecule has 4 aromatic carbocycles. The summed E-state index contributed by atoms with van der Waals surface area (Å²) in [5, 5.41) is 3.64. The van der Waals surface area contributed by atoms with E-state index in [1.807, 2.05) is 23.5 Å². The third kappa shape index (κ3) is 3.25. The highest BCUT2D eigenvalue weighted by molar-refractivity contribution is 8.03. The van der Waals surface area contributed by atoms with Gasteiger partial charge >= 0.3 is 0 Å². The molecule has 1 aliphatic carbocycles. The molecule has 4 aromatic rings. The Kier molecular flexibility index (Phi) is 4.70. The number of benzene rings is 4. The Morgan fingerprint density at radius 3 is 1.39 bits per heavy atom.